The van der Waals surface area contributed by atoms with Crippen LogP contribution in [0.5, 0.6) is 0 Å². The Hall–Kier alpha value is -2.08. The van der Waals surface area contributed by atoms with E-state index in [1.165, 1.54) is 11.3 Å². The van der Waals surface area contributed by atoms with Crippen molar-refractivity contribution in [2.75, 3.05) is 11.1 Å². The first-order chi connectivity index (χ1) is 11.0. The van der Waals surface area contributed by atoms with Crippen molar-refractivity contribution in [2.45, 2.75) is 0 Å². The lowest BCUT2D eigenvalue weighted by molar-refractivity contribution is -0.340. The van der Waals surface area contributed by atoms with Crippen LogP contribution in [-0.4, -0.2) is 5.91 Å². The minimum absolute atomic E-state index is 0.264. The van der Waals surface area contributed by atoms with Crippen LogP contribution in [0.4, 0.5) is 10.8 Å². The fourth-order valence-corrected chi connectivity index (χ4v) is 3.18. The molecule has 0 bridgehead atoms. The number of aromatic amines is 1. The van der Waals surface area contributed by atoms with Gasteiger partial charge in [-0.1, -0.05) is 53.5 Å². The zero-order chi connectivity index (χ0) is 16.4. The lowest BCUT2D eigenvalue weighted by atomic mass is 10.1. The third-order valence-corrected chi connectivity index (χ3v) is 4.79. The van der Waals surface area contributed by atoms with Gasteiger partial charge in [0.05, 0.1) is 10.0 Å². The van der Waals surface area contributed by atoms with E-state index in [4.69, 9.17) is 28.9 Å². The van der Waals surface area contributed by atoms with Gasteiger partial charge in [0.1, 0.15) is 4.88 Å². The lowest BCUT2D eigenvalue weighted by Gasteiger charge is -2.05. The largest absolute Gasteiger partial charge is 0.330 e. The standard InChI is InChI=1S/C16H11Cl2N3OS/c17-11-7-6-10(8-12(11)18)20-15(22)14-13(21-16(19)23-14)9-4-2-1-3-5-9/h1-8H,(H2,19,21)(H,20,22)/p+1. The summed E-state index contributed by atoms with van der Waals surface area (Å²) in [4.78, 5) is 16.1. The summed E-state index contributed by atoms with van der Waals surface area (Å²) in [6, 6.07) is 14.5. The van der Waals surface area contributed by atoms with Crippen LogP contribution >= 0.6 is 34.5 Å². The number of benzene rings is 2. The van der Waals surface area contributed by atoms with Gasteiger partial charge >= 0.3 is 5.13 Å². The molecule has 0 fully saturated rings. The molecule has 0 saturated heterocycles. The van der Waals surface area contributed by atoms with Crippen LogP contribution in [0.15, 0.2) is 48.5 Å². The Kier molecular flexibility index (Phi) is 4.52. The molecule has 2 aromatic carbocycles. The number of halogens is 2. The van der Waals surface area contributed by atoms with E-state index < -0.39 is 0 Å². The molecule has 1 aromatic heterocycles. The molecule has 0 spiro atoms. The summed E-state index contributed by atoms with van der Waals surface area (Å²) < 4.78 is 0. The predicted molar refractivity (Wildman–Crippen MR) is 95.1 cm³/mol. The van der Waals surface area contributed by atoms with Crippen LogP contribution < -0.4 is 16.0 Å². The zero-order valence-electron chi connectivity index (χ0n) is 11.8. The van der Waals surface area contributed by atoms with Crippen molar-refractivity contribution in [3.8, 4) is 11.3 Å². The van der Waals surface area contributed by atoms with Gasteiger partial charge in [0.15, 0.2) is 5.69 Å². The van der Waals surface area contributed by atoms with Crippen LogP contribution in [-0.2, 0) is 0 Å². The van der Waals surface area contributed by atoms with Gasteiger partial charge < -0.3 is 5.32 Å². The second-order valence-electron chi connectivity index (χ2n) is 4.74. The number of hydrogen-bond acceptors (Lipinski definition) is 3. The number of H-pyrrole nitrogens is 1. The van der Waals surface area contributed by atoms with E-state index in [-0.39, 0.29) is 5.91 Å². The Morgan fingerprint density at radius 1 is 1.09 bits per heavy atom. The Morgan fingerprint density at radius 3 is 2.52 bits per heavy atom. The molecule has 1 heterocycles. The minimum Gasteiger partial charge on any atom is -0.321 e. The summed E-state index contributed by atoms with van der Waals surface area (Å²) in [6.45, 7) is 0. The highest BCUT2D eigenvalue weighted by molar-refractivity contribution is 7.17. The number of nitrogen functional groups attached to an aromatic ring is 1. The number of amides is 1. The van der Waals surface area contributed by atoms with Gasteiger partial charge in [-0.3, -0.25) is 10.5 Å². The third-order valence-electron chi connectivity index (χ3n) is 3.13. The molecular weight excluding hydrogens is 353 g/mol. The van der Waals surface area contributed by atoms with E-state index in [9.17, 15) is 4.79 Å². The van der Waals surface area contributed by atoms with Gasteiger partial charge in [-0.2, -0.15) is 0 Å². The van der Waals surface area contributed by atoms with E-state index in [0.29, 0.717) is 31.4 Å². The normalized spacial score (nSPS) is 10.5. The van der Waals surface area contributed by atoms with E-state index in [0.717, 1.165) is 5.56 Å². The molecule has 3 aromatic rings. The number of hydrogen-bond donors (Lipinski definition) is 2. The number of rotatable bonds is 3. The zero-order valence-corrected chi connectivity index (χ0v) is 14.1. The maximum atomic E-state index is 12.6. The molecular formula is C16H12Cl2N3OS+. The lowest BCUT2D eigenvalue weighted by Crippen LogP contribution is -2.14. The van der Waals surface area contributed by atoms with Crippen molar-refractivity contribution < 1.29 is 9.78 Å². The van der Waals surface area contributed by atoms with Crippen molar-refractivity contribution in [1.82, 2.24) is 0 Å². The Balaban J connectivity index is 1.92. The van der Waals surface area contributed by atoms with Crippen molar-refractivity contribution >= 4 is 51.3 Å². The summed E-state index contributed by atoms with van der Waals surface area (Å²) in [5.74, 6) is -0.264. The third kappa shape index (κ3) is 3.47. The van der Waals surface area contributed by atoms with Crippen molar-refractivity contribution in [3.05, 3.63) is 63.5 Å². The highest BCUT2D eigenvalue weighted by atomic mass is 35.5. The fourth-order valence-electron chi connectivity index (χ4n) is 2.10. The highest BCUT2D eigenvalue weighted by Crippen LogP contribution is 2.28. The number of anilines is 2. The van der Waals surface area contributed by atoms with E-state index in [2.05, 4.69) is 10.3 Å². The fraction of sp³-hybridized carbons (Fsp3) is 0. The molecule has 116 valence electrons. The number of nitrogens with one attached hydrogen (secondary N) is 2. The number of carbonyl (C=O) groups is 1. The van der Waals surface area contributed by atoms with E-state index in [1.807, 2.05) is 30.3 Å². The van der Waals surface area contributed by atoms with Crippen LogP contribution in [0.2, 0.25) is 10.0 Å². The van der Waals surface area contributed by atoms with Crippen LogP contribution in [0.1, 0.15) is 9.67 Å². The molecule has 7 heteroatoms. The Labute approximate surface area is 146 Å². The molecule has 23 heavy (non-hydrogen) atoms. The molecule has 4 N–H and O–H groups in total. The van der Waals surface area contributed by atoms with Gasteiger partial charge in [0.2, 0.25) is 0 Å². The van der Waals surface area contributed by atoms with Gasteiger partial charge in [0.25, 0.3) is 5.91 Å². The SMILES string of the molecule is Nc1[nH+]c(-c2ccccc2)c(C(=O)Nc2ccc(Cl)c(Cl)c2)s1. The van der Waals surface area contributed by atoms with Gasteiger partial charge in [0, 0.05) is 11.3 Å². The summed E-state index contributed by atoms with van der Waals surface area (Å²) in [6.07, 6.45) is 0. The quantitative estimate of drug-likeness (QED) is 0.724. The van der Waals surface area contributed by atoms with Crippen molar-refractivity contribution in [2.24, 2.45) is 0 Å². The van der Waals surface area contributed by atoms with Crippen LogP contribution in [0.3, 0.4) is 0 Å². The molecule has 0 atom stereocenters. The van der Waals surface area contributed by atoms with Crippen molar-refractivity contribution in [1.29, 1.82) is 0 Å². The first kappa shape index (κ1) is 15.8. The molecule has 4 nitrogen and oxygen atoms in total. The molecule has 0 radical (unpaired) electrons. The second-order valence-corrected chi connectivity index (χ2v) is 6.61. The van der Waals surface area contributed by atoms with Crippen molar-refractivity contribution in [3.63, 3.8) is 0 Å². The molecule has 3 rings (SSSR count). The van der Waals surface area contributed by atoms with Gasteiger partial charge in [-0.15, -0.1) is 0 Å². The van der Waals surface area contributed by atoms with Crippen LogP contribution in [0.25, 0.3) is 11.3 Å². The molecule has 0 aliphatic heterocycles. The highest BCUT2D eigenvalue weighted by Gasteiger charge is 2.22. The second kappa shape index (κ2) is 6.58. The van der Waals surface area contributed by atoms with E-state index in [1.54, 1.807) is 18.2 Å². The minimum atomic E-state index is -0.264. The average molecular weight is 365 g/mol. The number of carbonyl (C=O) groups excluding carboxylic acids is 1. The summed E-state index contributed by atoms with van der Waals surface area (Å²) in [5.41, 5.74) is 7.98. The topological polar surface area (TPSA) is 69.3 Å². The Morgan fingerprint density at radius 2 is 1.83 bits per heavy atom. The molecule has 0 unspecified atom stereocenters. The van der Waals surface area contributed by atoms with Crippen LogP contribution in [0, 0.1) is 0 Å². The molecule has 0 saturated carbocycles. The first-order valence-electron chi connectivity index (χ1n) is 6.68. The van der Waals surface area contributed by atoms with Gasteiger partial charge in [-0.05, 0) is 29.5 Å². The smallest absolute Gasteiger partial charge is 0.321 e. The molecule has 0 aliphatic carbocycles. The monoisotopic (exact) mass is 364 g/mol. The number of thiazole rings is 1. The maximum Gasteiger partial charge on any atom is 0.330 e. The number of aromatic nitrogens is 1. The average Bonchev–Trinajstić information content (AvgIpc) is 2.94. The summed E-state index contributed by atoms with van der Waals surface area (Å²) in [5, 5.41) is 4.08. The molecule has 1 amide bonds. The predicted octanol–water partition coefficient (Wildman–Crippen LogP) is 4.37. The van der Waals surface area contributed by atoms with E-state index >= 15 is 0 Å². The summed E-state index contributed by atoms with van der Waals surface area (Å²) >= 11 is 13.0. The Bertz CT molecular complexity index is 865. The molecule has 0 aliphatic rings. The maximum absolute atomic E-state index is 12.6. The van der Waals surface area contributed by atoms with Gasteiger partial charge in [-0.25, -0.2) is 4.98 Å². The first-order valence-corrected chi connectivity index (χ1v) is 8.25. The number of nitrogens with two attached hydrogens (primary N) is 1. The summed E-state index contributed by atoms with van der Waals surface area (Å²) in [7, 11) is 0.